The number of benzene rings is 2. The fraction of sp³-hybridized carbons (Fsp3) is 0.111. The molecule has 1 aromatic heterocycles. The Kier molecular flexibility index (Phi) is 4.99. The number of carboxylic acids is 1. The van der Waals surface area contributed by atoms with Crippen LogP contribution in [0.5, 0.6) is 0 Å². The molecule has 8 heteroatoms. The van der Waals surface area contributed by atoms with Crippen molar-refractivity contribution >= 4 is 29.2 Å². The van der Waals surface area contributed by atoms with Crippen LogP contribution in [0.1, 0.15) is 22.0 Å². The molecule has 2 aromatic carbocycles. The Morgan fingerprint density at radius 3 is 2.54 bits per heavy atom. The van der Waals surface area contributed by atoms with Crippen molar-refractivity contribution in [1.82, 2.24) is 14.8 Å². The molecule has 0 spiro atoms. The number of aliphatic carboxylic acids is 1. The molecule has 3 aromatic rings. The Labute approximate surface area is 154 Å². The zero-order valence-corrected chi connectivity index (χ0v) is 14.6. The monoisotopic (exact) mass is 370 g/mol. The topological polar surface area (TPSA) is 97.1 Å². The van der Waals surface area contributed by atoms with E-state index in [1.807, 2.05) is 0 Å². The quantitative estimate of drug-likeness (QED) is 0.719. The number of aromatic nitrogens is 3. The van der Waals surface area contributed by atoms with Crippen molar-refractivity contribution in [2.24, 2.45) is 0 Å². The molecule has 26 heavy (non-hydrogen) atoms. The minimum absolute atomic E-state index is 0.0115. The van der Waals surface area contributed by atoms with Crippen molar-refractivity contribution in [2.45, 2.75) is 13.3 Å². The van der Waals surface area contributed by atoms with Gasteiger partial charge in [-0.25, -0.2) is 9.67 Å². The molecule has 0 unspecified atom stereocenters. The standard InChI is InChI=1S/C18H15ClN4O3/c1-11-20-17(22-23(11)14-8-6-13(19)7-9-14)18(26)21-15-5-3-2-4-12(15)10-16(24)25/h2-9H,10H2,1H3,(H,21,26)(H,24,25). The van der Waals surface area contributed by atoms with Gasteiger partial charge < -0.3 is 10.4 Å². The van der Waals surface area contributed by atoms with Crippen LogP contribution in [0.4, 0.5) is 5.69 Å². The number of amides is 1. The van der Waals surface area contributed by atoms with E-state index in [0.29, 0.717) is 22.1 Å². The third kappa shape index (κ3) is 3.89. The van der Waals surface area contributed by atoms with Gasteiger partial charge in [0.15, 0.2) is 0 Å². The van der Waals surface area contributed by atoms with E-state index in [2.05, 4.69) is 15.4 Å². The lowest BCUT2D eigenvalue weighted by Crippen LogP contribution is -2.16. The summed E-state index contributed by atoms with van der Waals surface area (Å²) in [6.45, 7) is 1.73. The third-order valence-corrected chi connectivity index (χ3v) is 3.90. The number of anilines is 1. The fourth-order valence-electron chi connectivity index (χ4n) is 2.45. The maximum atomic E-state index is 12.5. The van der Waals surface area contributed by atoms with E-state index in [-0.39, 0.29) is 12.2 Å². The van der Waals surface area contributed by atoms with Crippen LogP contribution in [0.3, 0.4) is 0 Å². The van der Waals surface area contributed by atoms with Gasteiger partial charge in [0.2, 0.25) is 5.82 Å². The second-order valence-electron chi connectivity index (χ2n) is 5.55. The van der Waals surface area contributed by atoms with E-state index in [4.69, 9.17) is 16.7 Å². The molecule has 0 aliphatic rings. The summed E-state index contributed by atoms with van der Waals surface area (Å²) in [5.41, 5.74) is 1.65. The largest absolute Gasteiger partial charge is 0.481 e. The summed E-state index contributed by atoms with van der Waals surface area (Å²) in [7, 11) is 0. The highest BCUT2D eigenvalue weighted by atomic mass is 35.5. The van der Waals surface area contributed by atoms with E-state index in [9.17, 15) is 9.59 Å². The van der Waals surface area contributed by atoms with Crippen LogP contribution in [0, 0.1) is 6.92 Å². The predicted molar refractivity (Wildman–Crippen MR) is 96.8 cm³/mol. The summed E-state index contributed by atoms with van der Waals surface area (Å²) in [5.74, 6) is -0.967. The van der Waals surface area contributed by atoms with Crippen LogP contribution in [0.25, 0.3) is 5.69 Å². The zero-order valence-electron chi connectivity index (χ0n) is 13.8. The Morgan fingerprint density at radius 1 is 1.15 bits per heavy atom. The molecule has 0 fully saturated rings. The normalized spacial score (nSPS) is 10.5. The van der Waals surface area contributed by atoms with E-state index in [0.717, 1.165) is 5.69 Å². The number of hydrogen-bond acceptors (Lipinski definition) is 4. The highest BCUT2D eigenvalue weighted by molar-refractivity contribution is 6.30. The highest BCUT2D eigenvalue weighted by Crippen LogP contribution is 2.18. The van der Waals surface area contributed by atoms with Gasteiger partial charge in [0.1, 0.15) is 5.82 Å². The van der Waals surface area contributed by atoms with E-state index >= 15 is 0 Å². The molecule has 132 valence electrons. The second-order valence-corrected chi connectivity index (χ2v) is 5.99. The number of halogens is 1. The number of nitrogens with one attached hydrogen (secondary N) is 1. The molecule has 0 radical (unpaired) electrons. The van der Waals surface area contributed by atoms with Gasteiger partial charge in [-0.15, -0.1) is 5.10 Å². The SMILES string of the molecule is Cc1nc(C(=O)Nc2ccccc2CC(=O)O)nn1-c1ccc(Cl)cc1. The second kappa shape index (κ2) is 7.37. The third-order valence-electron chi connectivity index (χ3n) is 3.65. The first-order chi connectivity index (χ1) is 12.4. The first-order valence-corrected chi connectivity index (χ1v) is 8.12. The van der Waals surface area contributed by atoms with Gasteiger partial charge in [0.05, 0.1) is 12.1 Å². The fourth-order valence-corrected chi connectivity index (χ4v) is 2.58. The van der Waals surface area contributed by atoms with Crippen molar-refractivity contribution in [2.75, 3.05) is 5.32 Å². The van der Waals surface area contributed by atoms with Gasteiger partial charge >= 0.3 is 5.97 Å². The Hall–Kier alpha value is -3.19. The van der Waals surface area contributed by atoms with Crippen LogP contribution in [0.2, 0.25) is 5.02 Å². The number of nitrogens with zero attached hydrogens (tertiary/aromatic N) is 3. The zero-order chi connectivity index (χ0) is 18.7. The van der Waals surface area contributed by atoms with Crippen molar-refractivity contribution < 1.29 is 14.7 Å². The van der Waals surface area contributed by atoms with E-state index in [1.165, 1.54) is 4.68 Å². The summed E-state index contributed by atoms with van der Waals surface area (Å²) in [4.78, 5) is 27.6. The van der Waals surface area contributed by atoms with Crippen LogP contribution >= 0.6 is 11.6 Å². The molecule has 3 rings (SSSR count). The molecule has 1 amide bonds. The molecule has 1 heterocycles. The van der Waals surface area contributed by atoms with E-state index in [1.54, 1.807) is 55.5 Å². The maximum Gasteiger partial charge on any atom is 0.307 e. The van der Waals surface area contributed by atoms with Crippen molar-refractivity contribution in [3.8, 4) is 5.69 Å². The molecule has 0 saturated heterocycles. The van der Waals surface area contributed by atoms with Crippen molar-refractivity contribution in [3.63, 3.8) is 0 Å². The van der Waals surface area contributed by atoms with Crippen molar-refractivity contribution in [1.29, 1.82) is 0 Å². The Bertz CT molecular complexity index is 967. The number of carbonyl (C=O) groups is 2. The molecule has 0 aliphatic carbocycles. The molecule has 7 nitrogen and oxygen atoms in total. The molecule has 2 N–H and O–H groups in total. The first-order valence-electron chi connectivity index (χ1n) is 7.74. The Morgan fingerprint density at radius 2 is 1.85 bits per heavy atom. The first kappa shape index (κ1) is 17.6. The van der Waals surface area contributed by atoms with Crippen LogP contribution in [-0.4, -0.2) is 31.7 Å². The summed E-state index contributed by atoms with van der Waals surface area (Å²) in [5, 5.41) is 16.5. The van der Waals surface area contributed by atoms with Gasteiger partial charge in [0, 0.05) is 10.7 Å². The molecular weight excluding hydrogens is 356 g/mol. The Balaban J connectivity index is 1.85. The number of rotatable bonds is 5. The molecule has 0 saturated carbocycles. The van der Waals surface area contributed by atoms with Crippen molar-refractivity contribution in [3.05, 3.63) is 70.8 Å². The summed E-state index contributed by atoms with van der Waals surface area (Å²) >= 11 is 5.88. The van der Waals surface area contributed by atoms with Gasteiger partial charge in [-0.2, -0.15) is 0 Å². The summed E-state index contributed by atoms with van der Waals surface area (Å²) in [6, 6.07) is 13.7. The minimum atomic E-state index is -0.979. The lowest BCUT2D eigenvalue weighted by molar-refractivity contribution is -0.136. The van der Waals surface area contributed by atoms with Gasteiger partial charge in [-0.1, -0.05) is 29.8 Å². The number of carboxylic acid groups (broad SMARTS) is 1. The predicted octanol–water partition coefficient (Wildman–Crippen LogP) is 3.11. The number of carbonyl (C=O) groups excluding carboxylic acids is 1. The average Bonchev–Trinajstić information content (AvgIpc) is 2.99. The van der Waals surface area contributed by atoms with Crippen LogP contribution in [0.15, 0.2) is 48.5 Å². The molecular formula is C18H15ClN4O3. The van der Waals surface area contributed by atoms with Gasteiger partial charge in [-0.3, -0.25) is 9.59 Å². The summed E-state index contributed by atoms with van der Waals surface area (Å²) < 4.78 is 1.54. The molecule has 0 bridgehead atoms. The lowest BCUT2D eigenvalue weighted by atomic mass is 10.1. The maximum absolute atomic E-state index is 12.5. The molecule has 0 aliphatic heterocycles. The van der Waals surface area contributed by atoms with Gasteiger partial charge in [-0.05, 0) is 42.8 Å². The van der Waals surface area contributed by atoms with Gasteiger partial charge in [0.25, 0.3) is 5.91 Å². The van der Waals surface area contributed by atoms with E-state index < -0.39 is 11.9 Å². The number of para-hydroxylation sites is 1. The number of aryl methyl sites for hydroxylation is 1. The van der Waals surface area contributed by atoms with Crippen LogP contribution < -0.4 is 5.32 Å². The molecule has 0 atom stereocenters. The highest BCUT2D eigenvalue weighted by Gasteiger charge is 2.17. The minimum Gasteiger partial charge on any atom is -0.481 e. The van der Waals surface area contributed by atoms with Crippen LogP contribution in [-0.2, 0) is 11.2 Å². The lowest BCUT2D eigenvalue weighted by Gasteiger charge is -2.08. The average molecular weight is 371 g/mol. The smallest absolute Gasteiger partial charge is 0.307 e. The summed E-state index contributed by atoms with van der Waals surface area (Å²) in [6.07, 6.45) is -0.192. The number of hydrogen-bond donors (Lipinski definition) is 2.